The lowest BCUT2D eigenvalue weighted by molar-refractivity contribution is 0.884. The van der Waals surface area contributed by atoms with E-state index in [2.05, 4.69) is 43.4 Å². The van der Waals surface area contributed by atoms with Crippen LogP contribution in [0.5, 0.6) is 0 Å². The van der Waals surface area contributed by atoms with Crippen LogP contribution in [0.1, 0.15) is 24.1 Å². The highest BCUT2D eigenvalue weighted by molar-refractivity contribution is 6.39. The Labute approximate surface area is 118 Å². The van der Waals surface area contributed by atoms with Gasteiger partial charge in [0.1, 0.15) is 0 Å². The second-order valence-corrected chi connectivity index (χ2v) is 5.19. The van der Waals surface area contributed by atoms with Gasteiger partial charge in [-0.15, -0.1) is 0 Å². The van der Waals surface area contributed by atoms with Gasteiger partial charge < -0.3 is 5.32 Å². The fourth-order valence-corrected chi connectivity index (χ4v) is 2.30. The molecule has 1 nitrogen and oxygen atoms in total. The van der Waals surface area contributed by atoms with Crippen LogP contribution in [-0.4, -0.2) is 0 Å². The summed E-state index contributed by atoms with van der Waals surface area (Å²) >= 11 is 12.3. The van der Waals surface area contributed by atoms with Crippen molar-refractivity contribution < 1.29 is 0 Å². The van der Waals surface area contributed by atoms with Crippen molar-refractivity contribution >= 4 is 28.9 Å². The largest absolute Gasteiger partial charge is 0.376 e. The van der Waals surface area contributed by atoms with E-state index < -0.39 is 0 Å². The highest BCUT2D eigenvalue weighted by Gasteiger charge is 2.10. The van der Waals surface area contributed by atoms with Crippen LogP contribution in [0.3, 0.4) is 0 Å². The molecule has 2 aromatic carbocycles. The predicted molar refractivity (Wildman–Crippen MR) is 79.7 cm³/mol. The van der Waals surface area contributed by atoms with E-state index >= 15 is 0 Å². The molecule has 2 rings (SSSR count). The zero-order chi connectivity index (χ0) is 13.1. The Balaban J connectivity index is 2.21. The summed E-state index contributed by atoms with van der Waals surface area (Å²) in [6, 6.07) is 14.1. The van der Waals surface area contributed by atoms with Gasteiger partial charge in [-0.25, -0.2) is 0 Å². The lowest BCUT2D eigenvalue weighted by Crippen LogP contribution is -2.07. The molecule has 2 aromatic rings. The van der Waals surface area contributed by atoms with E-state index in [1.165, 1.54) is 11.1 Å². The molecule has 0 amide bonds. The molecule has 0 aliphatic heterocycles. The topological polar surface area (TPSA) is 12.0 Å². The molecule has 0 radical (unpaired) electrons. The van der Waals surface area contributed by atoms with E-state index in [1.54, 1.807) is 0 Å². The lowest BCUT2D eigenvalue weighted by atomic mass is 10.1. The highest BCUT2D eigenvalue weighted by Crippen LogP contribution is 2.32. The number of nitrogens with one attached hydrogen (secondary N) is 1. The van der Waals surface area contributed by atoms with Gasteiger partial charge in [0.25, 0.3) is 0 Å². The zero-order valence-corrected chi connectivity index (χ0v) is 11.9. The van der Waals surface area contributed by atoms with Crippen molar-refractivity contribution in [2.24, 2.45) is 0 Å². The molecule has 0 bridgehead atoms. The number of aryl methyl sites for hydroxylation is 1. The summed E-state index contributed by atoms with van der Waals surface area (Å²) in [7, 11) is 0. The van der Waals surface area contributed by atoms with Gasteiger partial charge in [0.2, 0.25) is 0 Å². The van der Waals surface area contributed by atoms with E-state index in [-0.39, 0.29) is 6.04 Å². The SMILES string of the molecule is Cc1ccc(C(C)Nc2c(Cl)cccc2Cl)cc1. The van der Waals surface area contributed by atoms with Crippen LogP contribution in [0, 0.1) is 6.92 Å². The van der Waals surface area contributed by atoms with Gasteiger partial charge in [0.15, 0.2) is 0 Å². The standard InChI is InChI=1S/C15H15Cl2N/c1-10-6-8-12(9-7-10)11(2)18-15-13(16)4-3-5-14(15)17/h3-9,11,18H,1-2H3. The maximum absolute atomic E-state index is 6.14. The van der Waals surface area contributed by atoms with Gasteiger partial charge in [0, 0.05) is 6.04 Å². The van der Waals surface area contributed by atoms with Crippen LogP contribution in [0.4, 0.5) is 5.69 Å². The molecule has 0 saturated heterocycles. The Hall–Kier alpha value is -1.18. The first-order valence-corrected chi connectivity index (χ1v) is 6.60. The van der Waals surface area contributed by atoms with Gasteiger partial charge in [-0.3, -0.25) is 0 Å². The Morgan fingerprint density at radius 3 is 2.06 bits per heavy atom. The Morgan fingerprint density at radius 1 is 0.944 bits per heavy atom. The summed E-state index contributed by atoms with van der Waals surface area (Å²) in [4.78, 5) is 0. The number of hydrogen-bond acceptors (Lipinski definition) is 1. The van der Waals surface area contributed by atoms with Gasteiger partial charge in [0.05, 0.1) is 15.7 Å². The summed E-state index contributed by atoms with van der Waals surface area (Å²) in [5.41, 5.74) is 3.24. The Bertz CT molecular complexity index is 514. The molecule has 3 heteroatoms. The van der Waals surface area contributed by atoms with Crippen molar-refractivity contribution in [1.82, 2.24) is 0 Å². The molecule has 0 aromatic heterocycles. The van der Waals surface area contributed by atoms with Crippen LogP contribution in [0.25, 0.3) is 0 Å². The summed E-state index contributed by atoms with van der Waals surface area (Å²) in [6.45, 7) is 4.16. The predicted octanol–water partition coefficient (Wildman–Crippen LogP) is 5.47. The Kier molecular flexibility index (Phi) is 4.15. The fourth-order valence-electron chi connectivity index (χ4n) is 1.79. The van der Waals surface area contributed by atoms with Gasteiger partial charge in [-0.05, 0) is 31.5 Å². The third-order valence-electron chi connectivity index (χ3n) is 2.90. The van der Waals surface area contributed by atoms with Crippen molar-refractivity contribution in [3.05, 3.63) is 63.6 Å². The second-order valence-electron chi connectivity index (χ2n) is 4.37. The molecular weight excluding hydrogens is 265 g/mol. The van der Waals surface area contributed by atoms with Crippen molar-refractivity contribution in [2.75, 3.05) is 5.32 Å². The van der Waals surface area contributed by atoms with Crippen LogP contribution >= 0.6 is 23.2 Å². The van der Waals surface area contributed by atoms with Crippen molar-refractivity contribution in [3.63, 3.8) is 0 Å². The van der Waals surface area contributed by atoms with Gasteiger partial charge >= 0.3 is 0 Å². The third kappa shape index (κ3) is 2.98. The van der Waals surface area contributed by atoms with Gasteiger partial charge in [-0.1, -0.05) is 59.1 Å². The number of benzene rings is 2. The average Bonchev–Trinajstić information content (AvgIpc) is 2.34. The van der Waals surface area contributed by atoms with Crippen LogP contribution in [-0.2, 0) is 0 Å². The van der Waals surface area contributed by atoms with Crippen LogP contribution in [0.15, 0.2) is 42.5 Å². The zero-order valence-electron chi connectivity index (χ0n) is 10.4. The van der Waals surface area contributed by atoms with E-state index in [4.69, 9.17) is 23.2 Å². The molecule has 94 valence electrons. The van der Waals surface area contributed by atoms with Crippen molar-refractivity contribution in [1.29, 1.82) is 0 Å². The summed E-state index contributed by atoms with van der Waals surface area (Å²) in [5, 5.41) is 4.63. The molecule has 0 heterocycles. The van der Waals surface area contributed by atoms with Crippen molar-refractivity contribution in [3.8, 4) is 0 Å². The first-order valence-electron chi connectivity index (χ1n) is 5.85. The molecule has 0 aliphatic carbocycles. The minimum absolute atomic E-state index is 0.156. The maximum Gasteiger partial charge on any atom is 0.0723 e. The molecule has 0 aliphatic rings. The molecule has 0 saturated carbocycles. The number of rotatable bonds is 3. The van der Waals surface area contributed by atoms with Crippen LogP contribution in [0.2, 0.25) is 10.0 Å². The molecule has 1 unspecified atom stereocenters. The first-order chi connectivity index (χ1) is 8.58. The van der Waals surface area contributed by atoms with Gasteiger partial charge in [-0.2, -0.15) is 0 Å². The normalized spacial score (nSPS) is 12.2. The molecule has 1 atom stereocenters. The molecule has 0 fully saturated rings. The molecular formula is C15H15Cl2N. The lowest BCUT2D eigenvalue weighted by Gasteiger charge is -2.18. The third-order valence-corrected chi connectivity index (χ3v) is 3.53. The Morgan fingerprint density at radius 2 is 1.50 bits per heavy atom. The maximum atomic E-state index is 6.14. The fraction of sp³-hybridized carbons (Fsp3) is 0.200. The molecule has 1 N–H and O–H groups in total. The number of halogens is 2. The molecule has 18 heavy (non-hydrogen) atoms. The van der Waals surface area contributed by atoms with Crippen LogP contribution < -0.4 is 5.32 Å². The van der Waals surface area contributed by atoms with E-state index in [0.717, 1.165) is 5.69 Å². The molecule has 0 spiro atoms. The monoisotopic (exact) mass is 279 g/mol. The highest BCUT2D eigenvalue weighted by atomic mass is 35.5. The number of hydrogen-bond donors (Lipinski definition) is 1. The minimum Gasteiger partial charge on any atom is -0.376 e. The smallest absolute Gasteiger partial charge is 0.0723 e. The average molecular weight is 280 g/mol. The number of para-hydroxylation sites is 1. The van der Waals surface area contributed by atoms with E-state index in [0.29, 0.717) is 10.0 Å². The first kappa shape index (κ1) is 13.3. The summed E-state index contributed by atoms with van der Waals surface area (Å²) < 4.78 is 0. The summed E-state index contributed by atoms with van der Waals surface area (Å²) in [6.07, 6.45) is 0. The quantitative estimate of drug-likeness (QED) is 0.785. The van der Waals surface area contributed by atoms with Crippen molar-refractivity contribution in [2.45, 2.75) is 19.9 Å². The second kappa shape index (κ2) is 5.64. The number of anilines is 1. The minimum atomic E-state index is 0.156. The van der Waals surface area contributed by atoms with E-state index in [1.807, 2.05) is 18.2 Å². The van der Waals surface area contributed by atoms with E-state index in [9.17, 15) is 0 Å². The summed E-state index contributed by atoms with van der Waals surface area (Å²) in [5.74, 6) is 0.